The zero-order valence-electron chi connectivity index (χ0n) is 11.0. The third kappa shape index (κ3) is 3.86. The number of amides is 1. The number of halogens is 1. The van der Waals surface area contributed by atoms with E-state index in [0.717, 1.165) is 3.57 Å². The second kappa shape index (κ2) is 6.60. The molecule has 2 aromatic carbocycles. The van der Waals surface area contributed by atoms with Gasteiger partial charge in [-0.25, -0.2) is 0 Å². The van der Waals surface area contributed by atoms with E-state index in [-0.39, 0.29) is 5.91 Å². The number of rotatable bonds is 4. The molecule has 0 saturated carbocycles. The Morgan fingerprint density at radius 1 is 1.25 bits per heavy atom. The van der Waals surface area contributed by atoms with Gasteiger partial charge < -0.3 is 15.8 Å². The molecule has 0 aliphatic carbocycles. The van der Waals surface area contributed by atoms with Gasteiger partial charge in [0.1, 0.15) is 5.75 Å². The van der Waals surface area contributed by atoms with Gasteiger partial charge in [0.25, 0.3) is 5.91 Å². The molecule has 0 radical (unpaired) electrons. The molecule has 5 heteroatoms. The van der Waals surface area contributed by atoms with Crippen molar-refractivity contribution in [3.63, 3.8) is 0 Å². The van der Waals surface area contributed by atoms with Crippen LogP contribution >= 0.6 is 22.6 Å². The lowest BCUT2D eigenvalue weighted by atomic mass is 10.2. The van der Waals surface area contributed by atoms with Crippen LogP contribution in [0.3, 0.4) is 0 Å². The van der Waals surface area contributed by atoms with Crippen molar-refractivity contribution in [1.29, 1.82) is 0 Å². The molecular weight excluding hydrogens is 367 g/mol. The summed E-state index contributed by atoms with van der Waals surface area (Å²) >= 11 is 2.20. The van der Waals surface area contributed by atoms with Crippen molar-refractivity contribution in [2.45, 2.75) is 13.0 Å². The first-order valence-corrected chi connectivity index (χ1v) is 7.22. The van der Waals surface area contributed by atoms with Crippen LogP contribution in [0.25, 0.3) is 0 Å². The Labute approximate surface area is 131 Å². The van der Waals surface area contributed by atoms with E-state index in [4.69, 9.17) is 10.5 Å². The Morgan fingerprint density at radius 3 is 2.70 bits per heavy atom. The molecule has 0 fully saturated rings. The number of ether oxygens (including phenoxy) is 1. The molecule has 1 unspecified atom stereocenters. The summed E-state index contributed by atoms with van der Waals surface area (Å²) in [5.74, 6) is 0.433. The number of hydrogen-bond acceptors (Lipinski definition) is 3. The first-order valence-electron chi connectivity index (χ1n) is 6.14. The van der Waals surface area contributed by atoms with Gasteiger partial charge >= 0.3 is 0 Å². The van der Waals surface area contributed by atoms with Crippen molar-refractivity contribution in [3.05, 3.63) is 52.1 Å². The van der Waals surface area contributed by atoms with E-state index in [2.05, 4.69) is 27.9 Å². The van der Waals surface area contributed by atoms with Gasteiger partial charge in [-0.05, 0) is 59.8 Å². The number of benzene rings is 2. The van der Waals surface area contributed by atoms with E-state index in [0.29, 0.717) is 17.1 Å². The average molecular weight is 382 g/mol. The van der Waals surface area contributed by atoms with E-state index in [1.165, 1.54) is 0 Å². The molecule has 1 amide bonds. The molecule has 0 bridgehead atoms. The lowest BCUT2D eigenvalue weighted by Crippen LogP contribution is -2.30. The highest BCUT2D eigenvalue weighted by Crippen LogP contribution is 2.19. The molecule has 2 aromatic rings. The highest BCUT2D eigenvalue weighted by atomic mass is 127. The summed E-state index contributed by atoms with van der Waals surface area (Å²) in [6.45, 7) is 1.70. The van der Waals surface area contributed by atoms with Crippen LogP contribution in [0.15, 0.2) is 48.5 Å². The molecule has 2 rings (SSSR count). The molecule has 104 valence electrons. The zero-order chi connectivity index (χ0) is 14.5. The fourth-order valence-corrected chi connectivity index (χ4v) is 2.16. The van der Waals surface area contributed by atoms with Crippen LogP contribution in [0.1, 0.15) is 6.92 Å². The van der Waals surface area contributed by atoms with Crippen LogP contribution in [0.5, 0.6) is 5.75 Å². The number of anilines is 2. The molecule has 0 aliphatic heterocycles. The fourth-order valence-electron chi connectivity index (χ4n) is 1.64. The second-order valence-electron chi connectivity index (χ2n) is 4.29. The standard InChI is InChI=1S/C15H15IN2O2/c1-10(20-12-6-4-5-11(16)9-12)15(19)18-14-8-3-2-7-13(14)17/h2-10H,17H2,1H3,(H,18,19). The van der Waals surface area contributed by atoms with Crippen molar-refractivity contribution >= 4 is 39.9 Å². The maximum absolute atomic E-state index is 12.1. The van der Waals surface area contributed by atoms with Crippen molar-refractivity contribution in [1.82, 2.24) is 0 Å². The summed E-state index contributed by atoms with van der Waals surface area (Å²) in [7, 11) is 0. The lowest BCUT2D eigenvalue weighted by Gasteiger charge is -2.15. The minimum absolute atomic E-state index is 0.234. The molecule has 1 atom stereocenters. The second-order valence-corrected chi connectivity index (χ2v) is 5.54. The van der Waals surface area contributed by atoms with Crippen LogP contribution in [0.4, 0.5) is 11.4 Å². The van der Waals surface area contributed by atoms with E-state index in [9.17, 15) is 4.79 Å². The summed E-state index contributed by atoms with van der Waals surface area (Å²) in [5, 5.41) is 2.75. The van der Waals surface area contributed by atoms with Gasteiger partial charge in [-0.15, -0.1) is 0 Å². The van der Waals surface area contributed by atoms with Crippen molar-refractivity contribution < 1.29 is 9.53 Å². The Bertz CT molecular complexity index is 616. The summed E-state index contributed by atoms with van der Waals surface area (Å²) < 4.78 is 6.67. The fraction of sp³-hybridized carbons (Fsp3) is 0.133. The summed E-state index contributed by atoms with van der Waals surface area (Å²) in [4.78, 5) is 12.1. The number of nitrogen functional groups attached to an aromatic ring is 1. The van der Waals surface area contributed by atoms with Crippen molar-refractivity contribution in [2.75, 3.05) is 11.1 Å². The van der Waals surface area contributed by atoms with E-state index < -0.39 is 6.10 Å². The van der Waals surface area contributed by atoms with E-state index in [1.807, 2.05) is 36.4 Å². The SMILES string of the molecule is CC(Oc1cccc(I)c1)C(=O)Nc1ccccc1N. The predicted octanol–water partition coefficient (Wildman–Crippen LogP) is 3.28. The van der Waals surface area contributed by atoms with Crippen LogP contribution in [0, 0.1) is 3.57 Å². The molecule has 20 heavy (non-hydrogen) atoms. The Balaban J connectivity index is 2.01. The van der Waals surface area contributed by atoms with Crippen molar-refractivity contribution in [3.8, 4) is 5.75 Å². The lowest BCUT2D eigenvalue weighted by molar-refractivity contribution is -0.122. The summed E-state index contributed by atoms with van der Waals surface area (Å²) in [5.41, 5.74) is 6.91. The first-order chi connectivity index (χ1) is 9.56. The number of hydrogen-bond donors (Lipinski definition) is 2. The van der Waals surface area contributed by atoms with Gasteiger partial charge in [0.05, 0.1) is 11.4 Å². The maximum Gasteiger partial charge on any atom is 0.265 e. The maximum atomic E-state index is 12.1. The van der Waals surface area contributed by atoms with Gasteiger partial charge in [0, 0.05) is 3.57 Å². The summed E-state index contributed by atoms with van der Waals surface area (Å²) in [6, 6.07) is 14.7. The molecule has 4 nitrogen and oxygen atoms in total. The highest BCUT2D eigenvalue weighted by molar-refractivity contribution is 14.1. The van der Waals surface area contributed by atoms with Crippen LogP contribution < -0.4 is 15.8 Å². The van der Waals surface area contributed by atoms with Gasteiger partial charge in [-0.3, -0.25) is 4.79 Å². The van der Waals surface area contributed by atoms with Gasteiger partial charge in [0.2, 0.25) is 0 Å². The number of nitrogens with one attached hydrogen (secondary N) is 1. The highest BCUT2D eigenvalue weighted by Gasteiger charge is 2.15. The van der Waals surface area contributed by atoms with E-state index >= 15 is 0 Å². The monoisotopic (exact) mass is 382 g/mol. The largest absolute Gasteiger partial charge is 0.481 e. The van der Waals surface area contributed by atoms with Gasteiger partial charge in [0.15, 0.2) is 6.10 Å². The molecule has 0 aliphatic rings. The molecule has 3 N–H and O–H groups in total. The predicted molar refractivity (Wildman–Crippen MR) is 88.7 cm³/mol. The normalized spacial score (nSPS) is 11.7. The van der Waals surface area contributed by atoms with Crippen LogP contribution in [-0.2, 0) is 4.79 Å². The molecule has 0 aromatic heterocycles. The van der Waals surface area contributed by atoms with E-state index in [1.54, 1.807) is 19.1 Å². The number of nitrogens with two attached hydrogens (primary N) is 1. The quantitative estimate of drug-likeness (QED) is 0.630. The molecule has 0 spiro atoms. The van der Waals surface area contributed by atoms with Crippen LogP contribution in [0.2, 0.25) is 0 Å². The topological polar surface area (TPSA) is 64.3 Å². The van der Waals surface area contributed by atoms with Gasteiger partial charge in [-0.1, -0.05) is 18.2 Å². The average Bonchev–Trinajstić information content (AvgIpc) is 2.41. The molecular formula is C15H15IN2O2. The Kier molecular flexibility index (Phi) is 4.84. The first kappa shape index (κ1) is 14.6. The van der Waals surface area contributed by atoms with Crippen molar-refractivity contribution in [2.24, 2.45) is 0 Å². The third-order valence-corrected chi connectivity index (χ3v) is 3.37. The minimum Gasteiger partial charge on any atom is -0.481 e. The molecule has 0 saturated heterocycles. The molecule has 0 heterocycles. The third-order valence-electron chi connectivity index (χ3n) is 2.70. The minimum atomic E-state index is -0.604. The summed E-state index contributed by atoms with van der Waals surface area (Å²) in [6.07, 6.45) is -0.604. The zero-order valence-corrected chi connectivity index (χ0v) is 13.1. The van der Waals surface area contributed by atoms with Crippen LogP contribution in [-0.4, -0.2) is 12.0 Å². The Morgan fingerprint density at radius 2 is 2.00 bits per heavy atom. The smallest absolute Gasteiger partial charge is 0.265 e. The number of para-hydroxylation sites is 2. The Hall–Kier alpha value is -1.76. The number of carbonyl (C=O) groups is 1. The van der Waals surface area contributed by atoms with Gasteiger partial charge in [-0.2, -0.15) is 0 Å². The number of carbonyl (C=O) groups excluding carboxylic acids is 1.